The number of aliphatic hydroxyl groups is 1. The van der Waals surface area contributed by atoms with Gasteiger partial charge in [-0.05, 0) is 30.9 Å². The minimum Gasteiger partial charge on any atom is -0.393 e. The van der Waals surface area contributed by atoms with Gasteiger partial charge in [0.2, 0.25) is 5.91 Å². The van der Waals surface area contributed by atoms with E-state index in [1.165, 1.54) is 11.1 Å². The normalized spacial score (nSPS) is 21.7. The van der Waals surface area contributed by atoms with Crippen LogP contribution in [-0.2, 0) is 16.0 Å². The number of carbonyl (C=O) groups excluding carboxylic acids is 1. The first kappa shape index (κ1) is 18.0. The van der Waals surface area contributed by atoms with E-state index in [9.17, 15) is 9.90 Å². The van der Waals surface area contributed by atoms with E-state index in [0.717, 1.165) is 12.8 Å². The summed E-state index contributed by atoms with van der Waals surface area (Å²) >= 11 is 0. The van der Waals surface area contributed by atoms with Gasteiger partial charge in [0.15, 0.2) is 0 Å². The average molecular weight is 319 g/mol. The topological polar surface area (TPSA) is 49.8 Å². The van der Waals surface area contributed by atoms with E-state index in [0.29, 0.717) is 26.1 Å². The number of aryl methyl sites for hydroxylation is 1. The molecule has 1 aliphatic heterocycles. The van der Waals surface area contributed by atoms with Crippen LogP contribution < -0.4 is 0 Å². The van der Waals surface area contributed by atoms with Gasteiger partial charge in [-0.1, -0.05) is 38.1 Å². The highest BCUT2D eigenvalue weighted by molar-refractivity contribution is 5.79. The van der Waals surface area contributed by atoms with Crippen LogP contribution in [0.5, 0.6) is 0 Å². The summed E-state index contributed by atoms with van der Waals surface area (Å²) in [5, 5.41) is 9.98. The van der Waals surface area contributed by atoms with Crippen molar-refractivity contribution in [3.63, 3.8) is 0 Å². The maximum atomic E-state index is 12.7. The molecule has 128 valence electrons. The second kappa shape index (κ2) is 7.93. The van der Waals surface area contributed by atoms with E-state index in [2.05, 4.69) is 32.9 Å². The molecule has 1 aliphatic rings. The Kier molecular flexibility index (Phi) is 6.19. The van der Waals surface area contributed by atoms with Crippen LogP contribution in [0, 0.1) is 12.8 Å². The fourth-order valence-electron chi connectivity index (χ4n) is 3.34. The molecule has 4 heteroatoms. The summed E-state index contributed by atoms with van der Waals surface area (Å²) in [5.41, 5.74) is 1.66. The molecule has 1 atom stereocenters. The quantitative estimate of drug-likeness (QED) is 0.877. The van der Waals surface area contributed by atoms with Gasteiger partial charge in [-0.25, -0.2) is 0 Å². The third kappa shape index (κ3) is 4.12. The number of amides is 1. The van der Waals surface area contributed by atoms with Gasteiger partial charge in [-0.3, -0.25) is 4.79 Å². The SMILES string of the molecule is CCC(CC)C(=O)N1CCOC(CO)(Cc2ccccc2C)C1. The summed E-state index contributed by atoms with van der Waals surface area (Å²) in [7, 11) is 0. The molecule has 0 aliphatic carbocycles. The Morgan fingerprint density at radius 3 is 2.65 bits per heavy atom. The number of hydrogen-bond acceptors (Lipinski definition) is 3. The largest absolute Gasteiger partial charge is 0.393 e. The van der Waals surface area contributed by atoms with Gasteiger partial charge in [0.25, 0.3) is 0 Å². The van der Waals surface area contributed by atoms with Crippen molar-refractivity contribution in [2.24, 2.45) is 5.92 Å². The van der Waals surface area contributed by atoms with Gasteiger partial charge >= 0.3 is 0 Å². The number of carbonyl (C=O) groups is 1. The number of ether oxygens (including phenoxy) is 1. The molecule has 1 fully saturated rings. The number of aliphatic hydroxyl groups excluding tert-OH is 1. The van der Waals surface area contributed by atoms with E-state index in [1.807, 2.05) is 17.0 Å². The molecule has 1 heterocycles. The molecule has 0 bridgehead atoms. The second-order valence-corrected chi connectivity index (χ2v) is 6.57. The summed E-state index contributed by atoms with van der Waals surface area (Å²) in [6, 6.07) is 8.15. The summed E-state index contributed by atoms with van der Waals surface area (Å²) in [6.45, 7) is 7.67. The number of benzene rings is 1. The van der Waals surface area contributed by atoms with Crippen molar-refractivity contribution >= 4 is 5.91 Å². The molecule has 0 radical (unpaired) electrons. The van der Waals surface area contributed by atoms with Crippen LogP contribution in [-0.4, -0.2) is 47.8 Å². The smallest absolute Gasteiger partial charge is 0.225 e. The fraction of sp³-hybridized carbons (Fsp3) is 0.632. The van der Waals surface area contributed by atoms with E-state index in [1.54, 1.807) is 0 Å². The lowest BCUT2D eigenvalue weighted by atomic mass is 9.90. The molecule has 1 amide bonds. The molecule has 1 aromatic carbocycles. The highest BCUT2D eigenvalue weighted by Gasteiger charge is 2.39. The van der Waals surface area contributed by atoms with Crippen molar-refractivity contribution < 1.29 is 14.6 Å². The first-order chi connectivity index (χ1) is 11.0. The Morgan fingerprint density at radius 1 is 1.35 bits per heavy atom. The molecular formula is C19H29NO3. The molecule has 23 heavy (non-hydrogen) atoms. The zero-order chi connectivity index (χ0) is 16.9. The molecule has 1 aromatic rings. The third-order valence-corrected chi connectivity index (χ3v) is 4.96. The molecule has 1 saturated heterocycles. The zero-order valence-corrected chi connectivity index (χ0v) is 14.5. The van der Waals surface area contributed by atoms with Gasteiger partial charge in [0.1, 0.15) is 5.60 Å². The van der Waals surface area contributed by atoms with Crippen molar-refractivity contribution in [2.75, 3.05) is 26.3 Å². The van der Waals surface area contributed by atoms with Gasteiger partial charge in [-0.2, -0.15) is 0 Å². The lowest BCUT2D eigenvalue weighted by molar-refractivity contribution is -0.161. The minimum absolute atomic E-state index is 0.0722. The van der Waals surface area contributed by atoms with Gasteiger partial charge in [-0.15, -0.1) is 0 Å². The Balaban J connectivity index is 2.15. The third-order valence-electron chi connectivity index (χ3n) is 4.96. The Morgan fingerprint density at radius 2 is 2.04 bits per heavy atom. The molecule has 0 aromatic heterocycles. The molecule has 4 nitrogen and oxygen atoms in total. The number of nitrogens with zero attached hydrogens (tertiary/aromatic N) is 1. The number of hydrogen-bond donors (Lipinski definition) is 1. The first-order valence-electron chi connectivity index (χ1n) is 8.63. The average Bonchev–Trinajstić information content (AvgIpc) is 2.58. The molecular weight excluding hydrogens is 290 g/mol. The van der Waals surface area contributed by atoms with Gasteiger partial charge in [0.05, 0.1) is 19.8 Å². The lowest BCUT2D eigenvalue weighted by Crippen LogP contribution is -2.57. The van der Waals surface area contributed by atoms with Crippen LogP contribution in [0.15, 0.2) is 24.3 Å². The summed E-state index contributed by atoms with van der Waals surface area (Å²) in [4.78, 5) is 14.6. The fourth-order valence-corrected chi connectivity index (χ4v) is 3.34. The predicted octanol–water partition coefficient (Wildman–Crippen LogP) is 2.56. The van der Waals surface area contributed by atoms with Crippen LogP contribution in [0.1, 0.15) is 37.8 Å². The summed E-state index contributed by atoms with van der Waals surface area (Å²) in [5.74, 6) is 0.267. The maximum Gasteiger partial charge on any atom is 0.225 e. The molecule has 2 rings (SSSR count). The second-order valence-electron chi connectivity index (χ2n) is 6.57. The van der Waals surface area contributed by atoms with Crippen LogP contribution >= 0.6 is 0 Å². The van der Waals surface area contributed by atoms with Crippen LogP contribution in [0.2, 0.25) is 0 Å². The standard InChI is InChI=1S/C19H29NO3/c1-4-16(5-2)18(22)20-10-11-23-19(13-20,14-21)12-17-9-7-6-8-15(17)3/h6-9,16,21H,4-5,10-14H2,1-3H3. The molecule has 1 unspecified atom stereocenters. The van der Waals surface area contributed by atoms with Gasteiger partial charge < -0.3 is 14.7 Å². The number of rotatable bonds is 6. The van der Waals surface area contributed by atoms with Crippen molar-refractivity contribution in [1.29, 1.82) is 0 Å². The number of morpholine rings is 1. The van der Waals surface area contributed by atoms with E-state index in [4.69, 9.17) is 4.74 Å². The Hall–Kier alpha value is -1.39. The predicted molar refractivity (Wildman–Crippen MR) is 91.3 cm³/mol. The van der Waals surface area contributed by atoms with E-state index < -0.39 is 5.60 Å². The first-order valence-corrected chi connectivity index (χ1v) is 8.63. The van der Waals surface area contributed by atoms with Crippen molar-refractivity contribution in [3.05, 3.63) is 35.4 Å². The summed E-state index contributed by atoms with van der Waals surface area (Å²) in [6.07, 6.45) is 2.34. The van der Waals surface area contributed by atoms with Crippen LogP contribution in [0.25, 0.3) is 0 Å². The highest BCUT2D eigenvalue weighted by atomic mass is 16.5. The Labute approximate surface area is 139 Å². The van der Waals surface area contributed by atoms with E-state index in [-0.39, 0.29) is 18.4 Å². The van der Waals surface area contributed by atoms with Crippen molar-refractivity contribution in [2.45, 2.75) is 45.6 Å². The van der Waals surface area contributed by atoms with Crippen molar-refractivity contribution in [3.8, 4) is 0 Å². The summed E-state index contributed by atoms with van der Waals surface area (Å²) < 4.78 is 5.96. The molecule has 0 saturated carbocycles. The Bertz CT molecular complexity index is 527. The monoisotopic (exact) mass is 319 g/mol. The van der Waals surface area contributed by atoms with Crippen LogP contribution in [0.4, 0.5) is 0 Å². The zero-order valence-electron chi connectivity index (χ0n) is 14.5. The highest BCUT2D eigenvalue weighted by Crippen LogP contribution is 2.26. The molecule has 0 spiro atoms. The van der Waals surface area contributed by atoms with Crippen molar-refractivity contribution in [1.82, 2.24) is 4.90 Å². The van der Waals surface area contributed by atoms with Gasteiger partial charge in [0, 0.05) is 18.9 Å². The minimum atomic E-state index is -0.688. The lowest BCUT2D eigenvalue weighted by Gasteiger charge is -2.43. The molecule has 1 N–H and O–H groups in total. The van der Waals surface area contributed by atoms with E-state index >= 15 is 0 Å². The van der Waals surface area contributed by atoms with Crippen LogP contribution in [0.3, 0.4) is 0 Å². The maximum absolute atomic E-state index is 12.7.